The van der Waals surface area contributed by atoms with Gasteiger partial charge in [-0.3, -0.25) is 28.8 Å². The first-order valence-corrected chi connectivity index (χ1v) is 28.5. The van der Waals surface area contributed by atoms with Gasteiger partial charge in [0.1, 0.15) is 72.1 Å². The van der Waals surface area contributed by atoms with Crippen LogP contribution in [0.1, 0.15) is 110 Å². The third-order valence-corrected chi connectivity index (χ3v) is 18.3. The van der Waals surface area contributed by atoms with Crippen LogP contribution < -0.4 is 0 Å². The molecule has 7 atom stereocenters. The molecule has 0 radical (unpaired) electrons. The Kier molecular flexibility index (Phi) is 17.0. The molecular weight excluding hydrogens is 1020 g/mol. The zero-order valence-electron chi connectivity index (χ0n) is 45.7. The predicted molar refractivity (Wildman–Crippen MR) is 298 cm³/mol. The number of ether oxygens (including phenoxy) is 6. The number of hydrogen-bond acceptors (Lipinski definition) is 13. The van der Waals surface area contributed by atoms with Gasteiger partial charge in [-0.25, -0.2) is 0 Å². The Hall–Kier alpha value is -7.90. The van der Waals surface area contributed by atoms with Gasteiger partial charge in [0.15, 0.2) is 0 Å². The van der Waals surface area contributed by atoms with Crippen molar-refractivity contribution in [3.05, 3.63) is 215 Å². The van der Waals surface area contributed by atoms with Crippen LogP contribution in [-0.4, -0.2) is 47.5 Å². The van der Waals surface area contributed by atoms with Gasteiger partial charge in [-0.15, -0.1) is 0 Å². The third-order valence-electron chi connectivity index (χ3n) is 18.3. The van der Waals surface area contributed by atoms with Gasteiger partial charge in [0.2, 0.25) is 0 Å². The molecule has 4 fully saturated rings. The molecule has 13 nitrogen and oxygen atoms in total. The van der Waals surface area contributed by atoms with Crippen LogP contribution in [0.25, 0.3) is 0 Å². The lowest BCUT2D eigenvalue weighted by Gasteiger charge is -2.94. The number of benzene rings is 6. The quantitative estimate of drug-likeness (QED) is 0.0308. The van der Waals surface area contributed by atoms with Crippen LogP contribution in [0.2, 0.25) is 0 Å². The van der Waals surface area contributed by atoms with Crippen molar-refractivity contribution in [2.75, 3.05) is 6.61 Å². The summed E-state index contributed by atoms with van der Waals surface area (Å²) in [7, 11) is 0. The zero-order valence-corrected chi connectivity index (χ0v) is 45.7. The number of aliphatic hydroxyl groups excluding tert-OH is 1. The van der Waals surface area contributed by atoms with Crippen LogP contribution >= 0.6 is 0 Å². The molecule has 4 saturated carbocycles. The standard InChI is InChI=1S/C68H70O13/c69-42-24-4-2-1-3-11-25-50-38-39-63(57(70)76-44-51-26-12-5-13-27-51)66(43-50,60(73)79-47-54-32-18-8-19-33-54)68(62(75)81-49-56-36-22-10-23-37-56)65(59(72)78-46-53-30-16-7-17-31-53)41-40-64(65,58(71)77-45-52-28-14-6-15-29-52)67(63,68)61(74)80-48-55-34-20-9-21-35-55/h5-10,12-23,26-37,50,69H,1-4,11,24-25,38-49H2/t50-,63?,64?,65?,66?,67?,68?/m1/s1. The first-order valence-electron chi connectivity index (χ1n) is 28.5. The molecule has 6 unspecified atom stereocenters. The second-order valence-electron chi connectivity index (χ2n) is 22.2. The molecule has 10 rings (SSSR count). The summed E-state index contributed by atoms with van der Waals surface area (Å²) in [5.41, 5.74) is -11.7. The van der Waals surface area contributed by atoms with E-state index >= 15 is 28.8 Å². The third kappa shape index (κ3) is 9.21. The van der Waals surface area contributed by atoms with Gasteiger partial charge in [-0.05, 0) is 77.8 Å². The van der Waals surface area contributed by atoms with Crippen LogP contribution in [0.5, 0.6) is 0 Å². The minimum atomic E-state index is -2.74. The summed E-state index contributed by atoms with van der Waals surface area (Å²) in [4.78, 5) is 100. The van der Waals surface area contributed by atoms with Crippen LogP contribution in [-0.2, 0) is 96.8 Å². The molecular formula is C68H70O13. The summed E-state index contributed by atoms with van der Waals surface area (Å²) in [6.07, 6.45) is 4.72. The topological polar surface area (TPSA) is 178 Å². The number of carbonyl (C=O) groups excluding carboxylic acids is 6. The maximum Gasteiger partial charge on any atom is 0.316 e. The van der Waals surface area contributed by atoms with E-state index in [-0.39, 0.29) is 78.4 Å². The lowest BCUT2D eigenvalue weighted by atomic mass is 9.00. The van der Waals surface area contributed by atoms with Crippen LogP contribution in [0, 0.1) is 38.4 Å². The van der Waals surface area contributed by atoms with E-state index in [1.807, 2.05) is 30.3 Å². The van der Waals surface area contributed by atoms with Crippen molar-refractivity contribution in [3.8, 4) is 0 Å². The summed E-state index contributed by atoms with van der Waals surface area (Å²) in [6.45, 7) is -1.89. The van der Waals surface area contributed by atoms with E-state index in [4.69, 9.17) is 28.4 Å². The van der Waals surface area contributed by atoms with Crippen molar-refractivity contribution < 1.29 is 62.3 Å². The fraction of sp³-hybridized carbons (Fsp3) is 0.382. The number of carbonyl (C=O) groups is 6. The largest absolute Gasteiger partial charge is 0.460 e. The maximum atomic E-state index is 17.0. The average molecular weight is 1100 g/mol. The van der Waals surface area contributed by atoms with Gasteiger partial charge in [0.25, 0.3) is 0 Å². The lowest BCUT2D eigenvalue weighted by molar-refractivity contribution is -0.498. The predicted octanol–water partition coefficient (Wildman–Crippen LogP) is 11.7. The van der Waals surface area contributed by atoms with E-state index in [1.54, 1.807) is 152 Å². The SMILES string of the molecule is O=C(OCc1ccccc1)C12CCC1(C(=O)OCc1ccccc1)C1(C(=O)OCc3ccccc3)C3(C(=O)OCc4ccccc4)C[C@H](CCCCCCCCO)CCC3(C(=O)OCc3ccccc3)C21C(=O)OCc1ccccc1. The smallest absolute Gasteiger partial charge is 0.316 e. The minimum Gasteiger partial charge on any atom is -0.460 e. The Labute approximate surface area is 473 Å². The Morgan fingerprint density at radius 3 is 0.901 bits per heavy atom. The van der Waals surface area contributed by atoms with Crippen LogP contribution in [0.15, 0.2) is 182 Å². The molecule has 0 spiro atoms. The second kappa shape index (κ2) is 24.4. The number of unbranched alkanes of at least 4 members (excludes halogenated alkanes) is 5. The summed E-state index contributed by atoms with van der Waals surface area (Å²) < 4.78 is 39.0. The van der Waals surface area contributed by atoms with E-state index in [2.05, 4.69) is 0 Å². The van der Waals surface area contributed by atoms with E-state index in [0.29, 0.717) is 52.6 Å². The molecule has 6 aromatic rings. The minimum absolute atomic E-state index is 0.115. The summed E-state index contributed by atoms with van der Waals surface area (Å²) in [6, 6.07) is 53.4. The number of fused-ring (bicyclic) bond motifs is 7. The molecule has 0 heterocycles. The van der Waals surface area contributed by atoms with E-state index < -0.39 is 74.2 Å². The number of hydrogen-bond donors (Lipinski definition) is 1. The van der Waals surface area contributed by atoms with Crippen LogP contribution in [0.4, 0.5) is 0 Å². The number of aliphatic hydroxyl groups is 1. The highest BCUT2D eigenvalue weighted by Gasteiger charge is 3.18. The molecule has 0 amide bonds. The van der Waals surface area contributed by atoms with E-state index in [0.717, 1.165) is 25.7 Å². The highest BCUT2D eigenvalue weighted by atomic mass is 16.6. The Bertz CT molecular complexity index is 3140. The Morgan fingerprint density at radius 1 is 0.333 bits per heavy atom. The van der Waals surface area contributed by atoms with Crippen molar-refractivity contribution in [3.63, 3.8) is 0 Å². The fourth-order valence-corrected chi connectivity index (χ4v) is 15.1. The molecule has 0 aliphatic heterocycles. The van der Waals surface area contributed by atoms with Gasteiger partial charge < -0.3 is 33.5 Å². The summed E-state index contributed by atoms with van der Waals surface area (Å²) >= 11 is 0. The molecule has 6 aromatic carbocycles. The highest BCUT2D eigenvalue weighted by Crippen LogP contribution is 3.05. The zero-order chi connectivity index (χ0) is 56.4. The average Bonchev–Trinajstić information content (AvgIpc) is 0.591. The molecule has 13 heteroatoms. The van der Waals surface area contributed by atoms with Crippen molar-refractivity contribution in [2.45, 2.75) is 117 Å². The van der Waals surface area contributed by atoms with Crippen molar-refractivity contribution >= 4 is 35.8 Å². The van der Waals surface area contributed by atoms with Crippen molar-refractivity contribution in [1.29, 1.82) is 0 Å². The Morgan fingerprint density at radius 2 is 0.593 bits per heavy atom. The Balaban J connectivity index is 1.24. The van der Waals surface area contributed by atoms with E-state index in [9.17, 15) is 5.11 Å². The molecule has 420 valence electrons. The highest BCUT2D eigenvalue weighted by molar-refractivity contribution is 6.19. The molecule has 4 aliphatic rings. The monoisotopic (exact) mass is 1090 g/mol. The van der Waals surface area contributed by atoms with Crippen molar-refractivity contribution in [1.82, 2.24) is 0 Å². The van der Waals surface area contributed by atoms with Gasteiger partial charge in [0, 0.05) is 6.61 Å². The first kappa shape index (κ1) is 56.4. The van der Waals surface area contributed by atoms with Crippen molar-refractivity contribution in [2.24, 2.45) is 38.4 Å². The molecule has 0 aromatic heterocycles. The first-order chi connectivity index (χ1) is 39.6. The normalized spacial score (nSPS) is 25.5. The summed E-state index contributed by atoms with van der Waals surface area (Å²) in [5, 5.41) is 9.45. The van der Waals surface area contributed by atoms with E-state index in [1.165, 1.54) is 0 Å². The molecule has 4 aliphatic carbocycles. The van der Waals surface area contributed by atoms with Gasteiger partial charge >= 0.3 is 35.8 Å². The number of rotatable bonds is 26. The molecule has 1 N–H and O–H groups in total. The fourth-order valence-electron chi connectivity index (χ4n) is 15.1. The molecule has 0 saturated heterocycles. The van der Waals surface area contributed by atoms with Gasteiger partial charge in [-0.2, -0.15) is 0 Å². The lowest BCUT2D eigenvalue weighted by Crippen LogP contribution is -3.08. The van der Waals surface area contributed by atoms with Gasteiger partial charge in [-0.1, -0.05) is 221 Å². The molecule has 81 heavy (non-hydrogen) atoms. The van der Waals surface area contributed by atoms with Gasteiger partial charge in [0.05, 0.1) is 0 Å². The molecule has 0 bridgehead atoms. The number of esters is 6. The van der Waals surface area contributed by atoms with Crippen LogP contribution in [0.3, 0.4) is 0 Å². The second-order valence-corrected chi connectivity index (χ2v) is 22.2. The summed E-state index contributed by atoms with van der Waals surface area (Å²) in [5.74, 6) is -6.83. The maximum absolute atomic E-state index is 17.0.